The summed E-state index contributed by atoms with van der Waals surface area (Å²) in [5.41, 5.74) is 6.41. The van der Waals surface area contributed by atoms with Crippen LogP contribution in [-0.4, -0.2) is 39.8 Å². The van der Waals surface area contributed by atoms with E-state index in [0.29, 0.717) is 30.1 Å². The van der Waals surface area contributed by atoms with Gasteiger partial charge in [0.15, 0.2) is 17.3 Å². The van der Waals surface area contributed by atoms with Crippen LogP contribution in [0.5, 0.6) is 11.5 Å². The number of rotatable bonds is 8. The SMILES string of the molecule is COCCCC(N)C(=O)c1ccc(OC)c(OC)c1. The van der Waals surface area contributed by atoms with Gasteiger partial charge in [-0.25, -0.2) is 0 Å². The number of nitrogens with two attached hydrogens (primary N) is 1. The second-order valence-corrected chi connectivity index (χ2v) is 4.18. The van der Waals surface area contributed by atoms with E-state index < -0.39 is 6.04 Å². The van der Waals surface area contributed by atoms with Crippen LogP contribution in [0.25, 0.3) is 0 Å². The average molecular weight is 267 g/mol. The minimum absolute atomic E-state index is 0.0999. The fourth-order valence-corrected chi connectivity index (χ4v) is 1.78. The molecule has 0 aliphatic rings. The summed E-state index contributed by atoms with van der Waals surface area (Å²) in [5, 5.41) is 0. The Hall–Kier alpha value is -1.59. The highest BCUT2D eigenvalue weighted by atomic mass is 16.5. The maximum atomic E-state index is 12.1. The van der Waals surface area contributed by atoms with Crippen LogP contribution in [0.1, 0.15) is 23.2 Å². The molecule has 5 nitrogen and oxygen atoms in total. The molecule has 0 fully saturated rings. The molecular weight excluding hydrogens is 246 g/mol. The van der Waals surface area contributed by atoms with Gasteiger partial charge in [-0.2, -0.15) is 0 Å². The summed E-state index contributed by atoms with van der Waals surface area (Å²) in [6, 6.07) is 4.53. The van der Waals surface area contributed by atoms with Gasteiger partial charge in [0.2, 0.25) is 0 Å². The third kappa shape index (κ3) is 4.22. The second kappa shape index (κ2) is 7.76. The van der Waals surface area contributed by atoms with Gasteiger partial charge in [-0.1, -0.05) is 0 Å². The van der Waals surface area contributed by atoms with Crippen LogP contribution >= 0.6 is 0 Å². The number of carbonyl (C=O) groups is 1. The molecule has 0 aliphatic heterocycles. The lowest BCUT2D eigenvalue weighted by Crippen LogP contribution is -2.30. The highest BCUT2D eigenvalue weighted by molar-refractivity contribution is 6.00. The molecule has 0 saturated carbocycles. The van der Waals surface area contributed by atoms with E-state index in [1.54, 1.807) is 32.4 Å². The Bertz CT molecular complexity index is 420. The molecule has 0 heterocycles. The second-order valence-electron chi connectivity index (χ2n) is 4.18. The molecule has 0 radical (unpaired) electrons. The maximum absolute atomic E-state index is 12.1. The summed E-state index contributed by atoms with van der Waals surface area (Å²) >= 11 is 0. The summed E-state index contributed by atoms with van der Waals surface area (Å²) in [4.78, 5) is 12.1. The van der Waals surface area contributed by atoms with Crippen molar-refractivity contribution in [2.45, 2.75) is 18.9 Å². The average Bonchev–Trinajstić information content (AvgIpc) is 2.45. The van der Waals surface area contributed by atoms with Gasteiger partial charge >= 0.3 is 0 Å². The summed E-state index contributed by atoms with van der Waals surface area (Å²) in [6.45, 7) is 0.604. The fraction of sp³-hybridized carbons (Fsp3) is 0.500. The van der Waals surface area contributed by atoms with E-state index in [1.165, 1.54) is 7.11 Å². The zero-order chi connectivity index (χ0) is 14.3. The van der Waals surface area contributed by atoms with Crippen LogP contribution in [0, 0.1) is 0 Å². The summed E-state index contributed by atoms with van der Waals surface area (Å²) in [5.74, 6) is 1.02. The molecule has 0 bridgehead atoms. The number of hydrogen-bond donors (Lipinski definition) is 1. The molecule has 0 amide bonds. The van der Waals surface area contributed by atoms with Gasteiger partial charge in [-0.15, -0.1) is 0 Å². The molecule has 1 aromatic rings. The van der Waals surface area contributed by atoms with Crippen LogP contribution in [0.15, 0.2) is 18.2 Å². The van der Waals surface area contributed by atoms with Gasteiger partial charge in [0.1, 0.15) is 0 Å². The van der Waals surface area contributed by atoms with E-state index >= 15 is 0 Å². The first-order valence-electron chi connectivity index (χ1n) is 6.14. The van der Waals surface area contributed by atoms with E-state index in [0.717, 1.165) is 6.42 Å². The zero-order valence-electron chi connectivity index (χ0n) is 11.6. The van der Waals surface area contributed by atoms with Gasteiger partial charge in [0.05, 0.1) is 20.3 Å². The number of hydrogen-bond acceptors (Lipinski definition) is 5. The molecule has 1 rings (SSSR count). The predicted octanol–water partition coefficient (Wildman–Crippen LogP) is 1.64. The van der Waals surface area contributed by atoms with E-state index in [-0.39, 0.29) is 5.78 Å². The Morgan fingerprint density at radius 1 is 1.21 bits per heavy atom. The van der Waals surface area contributed by atoms with Crippen molar-refractivity contribution in [3.8, 4) is 11.5 Å². The highest BCUT2D eigenvalue weighted by Gasteiger charge is 2.17. The molecule has 106 valence electrons. The minimum atomic E-state index is -0.520. The van der Waals surface area contributed by atoms with E-state index in [4.69, 9.17) is 19.9 Å². The third-order valence-corrected chi connectivity index (χ3v) is 2.87. The molecule has 0 aromatic heterocycles. The number of methoxy groups -OCH3 is 3. The molecule has 1 aromatic carbocycles. The summed E-state index contributed by atoms with van der Waals surface area (Å²) < 4.78 is 15.2. The quantitative estimate of drug-likeness (QED) is 0.572. The van der Waals surface area contributed by atoms with Crippen molar-refractivity contribution in [1.82, 2.24) is 0 Å². The smallest absolute Gasteiger partial charge is 0.179 e. The highest BCUT2D eigenvalue weighted by Crippen LogP contribution is 2.28. The van der Waals surface area contributed by atoms with E-state index in [9.17, 15) is 4.79 Å². The monoisotopic (exact) mass is 267 g/mol. The number of ether oxygens (including phenoxy) is 3. The van der Waals surface area contributed by atoms with Crippen LogP contribution in [0.2, 0.25) is 0 Å². The zero-order valence-corrected chi connectivity index (χ0v) is 11.6. The van der Waals surface area contributed by atoms with Crippen molar-refractivity contribution in [2.24, 2.45) is 5.73 Å². The lowest BCUT2D eigenvalue weighted by Gasteiger charge is -2.12. The van der Waals surface area contributed by atoms with Crippen molar-refractivity contribution in [2.75, 3.05) is 27.9 Å². The molecule has 2 N–H and O–H groups in total. The van der Waals surface area contributed by atoms with Crippen LogP contribution in [0.3, 0.4) is 0 Å². The van der Waals surface area contributed by atoms with Crippen molar-refractivity contribution in [3.63, 3.8) is 0 Å². The van der Waals surface area contributed by atoms with Gasteiger partial charge in [-0.3, -0.25) is 4.79 Å². The largest absolute Gasteiger partial charge is 0.493 e. The Balaban J connectivity index is 2.76. The molecule has 19 heavy (non-hydrogen) atoms. The Morgan fingerprint density at radius 2 is 1.89 bits per heavy atom. The standard InChI is InChI=1S/C14H21NO4/c1-17-8-4-5-11(15)14(16)10-6-7-12(18-2)13(9-10)19-3/h6-7,9,11H,4-5,8,15H2,1-3H3. The third-order valence-electron chi connectivity index (χ3n) is 2.87. The molecule has 0 aliphatic carbocycles. The first kappa shape index (κ1) is 15.5. The van der Waals surface area contributed by atoms with E-state index in [1.807, 2.05) is 0 Å². The summed E-state index contributed by atoms with van der Waals surface area (Å²) in [7, 11) is 4.71. The lowest BCUT2D eigenvalue weighted by molar-refractivity contribution is 0.0950. The fourth-order valence-electron chi connectivity index (χ4n) is 1.78. The Labute approximate surface area is 113 Å². The lowest BCUT2D eigenvalue weighted by atomic mass is 10.0. The first-order valence-corrected chi connectivity index (χ1v) is 6.14. The van der Waals surface area contributed by atoms with Gasteiger partial charge in [0, 0.05) is 19.3 Å². The number of ketones is 1. The van der Waals surface area contributed by atoms with Gasteiger partial charge < -0.3 is 19.9 Å². The minimum Gasteiger partial charge on any atom is -0.493 e. The number of Topliss-reactive ketones (excluding diaryl/α,β-unsaturated/α-hetero) is 1. The van der Waals surface area contributed by atoms with Gasteiger partial charge in [-0.05, 0) is 31.0 Å². The van der Waals surface area contributed by atoms with Crippen molar-refractivity contribution in [3.05, 3.63) is 23.8 Å². The van der Waals surface area contributed by atoms with Crippen molar-refractivity contribution in [1.29, 1.82) is 0 Å². The van der Waals surface area contributed by atoms with E-state index in [2.05, 4.69) is 0 Å². The first-order chi connectivity index (χ1) is 9.13. The van der Waals surface area contributed by atoms with Crippen LogP contribution < -0.4 is 15.2 Å². The topological polar surface area (TPSA) is 70.8 Å². The molecule has 1 atom stereocenters. The number of benzene rings is 1. The molecule has 0 saturated heterocycles. The molecule has 0 spiro atoms. The predicted molar refractivity (Wildman–Crippen MR) is 73.0 cm³/mol. The molecular formula is C14H21NO4. The summed E-state index contributed by atoms with van der Waals surface area (Å²) in [6.07, 6.45) is 1.36. The van der Waals surface area contributed by atoms with Crippen molar-refractivity contribution >= 4 is 5.78 Å². The van der Waals surface area contributed by atoms with Crippen molar-refractivity contribution < 1.29 is 19.0 Å². The normalized spacial score (nSPS) is 12.0. The molecule has 5 heteroatoms. The Kier molecular flexibility index (Phi) is 6.32. The molecule has 1 unspecified atom stereocenters. The number of carbonyl (C=O) groups excluding carboxylic acids is 1. The van der Waals surface area contributed by atoms with Crippen LogP contribution in [0.4, 0.5) is 0 Å². The Morgan fingerprint density at radius 3 is 2.47 bits per heavy atom. The maximum Gasteiger partial charge on any atom is 0.179 e. The van der Waals surface area contributed by atoms with Gasteiger partial charge in [0.25, 0.3) is 0 Å². The van der Waals surface area contributed by atoms with Crippen LogP contribution in [-0.2, 0) is 4.74 Å².